The van der Waals surface area contributed by atoms with Gasteiger partial charge in [-0.25, -0.2) is 9.37 Å². The molecule has 0 aliphatic carbocycles. The SMILES string of the molecule is O=C(COc1cccc(F)c1)N1CCC(c2nc3ccccc3[nH]2)CC1. The number of aromatic nitrogens is 2. The molecule has 0 bridgehead atoms. The van der Waals surface area contributed by atoms with Crippen molar-refractivity contribution in [2.45, 2.75) is 18.8 Å². The van der Waals surface area contributed by atoms with E-state index in [1.165, 1.54) is 12.1 Å². The fraction of sp³-hybridized carbons (Fsp3) is 0.300. The number of para-hydroxylation sites is 2. The van der Waals surface area contributed by atoms with Gasteiger partial charge in [0.1, 0.15) is 17.4 Å². The molecule has 0 radical (unpaired) electrons. The van der Waals surface area contributed by atoms with Crippen molar-refractivity contribution in [2.24, 2.45) is 0 Å². The second kappa shape index (κ2) is 7.15. The maximum Gasteiger partial charge on any atom is 0.260 e. The van der Waals surface area contributed by atoms with Gasteiger partial charge in [0.15, 0.2) is 6.61 Å². The van der Waals surface area contributed by atoms with Gasteiger partial charge in [-0.2, -0.15) is 0 Å². The van der Waals surface area contributed by atoms with E-state index in [0.717, 1.165) is 29.7 Å². The summed E-state index contributed by atoms with van der Waals surface area (Å²) >= 11 is 0. The van der Waals surface area contributed by atoms with Crippen LogP contribution >= 0.6 is 0 Å². The second-order valence-corrected chi connectivity index (χ2v) is 6.54. The van der Waals surface area contributed by atoms with Gasteiger partial charge in [-0.1, -0.05) is 18.2 Å². The molecule has 134 valence electrons. The van der Waals surface area contributed by atoms with Crippen molar-refractivity contribution in [2.75, 3.05) is 19.7 Å². The molecule has 3 aromatic rings. The van der Waals surface area contributed by atoms with Crippen LogP contribution in [-0.2, 0) is 4.79 Å². The zero-order valence-corrected chi connectivity index (χ0v) is 14.3. The molecule has 1 N–H and O–H groups in total. The minimum Gasteiger partial charge on any atom is -0.484 e. The van der Waals surface area contributed by atoms with Crippen molar-refractivity contribution in [3.8, 4) is 5.75 Å². The number of H-pyrrole nitrogens is 1. The largest absolute Gasteiger partial charge is 0.484 e. The Morgan fingerprint density at radius 1 is 1.19 bits per heavy atom. The van der Waals surface area contributed by atoms with Crippen LogP contribution in [-0.4, -0.2) is 40.5 Å². The van der Waals surface area contributed by atoms with Crippen LogP contribution in [0.15, 0.2) is 48.5 Å². The summed E-state index contributed by atoms with van der Waals surface area (Å²) in [5, 5.41) is 0. The van der Waals surface area contributed by atoms with Gasteiger partial charge < -0.3 is 14.6 Å². The number of imidazole rings is 1. The molecule has 1 aliphatic heterocycles. The Bertz CT molecular complexity index is 883. The maximum absolute atomic E-state index is 13.1. The van der Waals surface area contributed by atoms with E-state index >= 15 is 0 Å². The number of amides is 1. The van der Waals surface area contributed by atoms with Crippen LogP contribution in [0, 0.1) is 5.82 Å². The van der Waals surface area contributed by atoms with Crippen molar-refractivity contribution < 1.29 is 13.9 Å². The summed E-state index contributed by atoms with van der Waals surface area (Å²) in [6.45, 7) is 1.28. The van der Waals surface area contributed by atoms with Crippen molar-refractivity contribution >= 4 is 16.9 Å². The molecule has 1 amide bonds. The first-order valence-electron chi connectivity index (χ1n) is 8.80. The number of nitrogens with zero attached hydrogens (tertiary/aromatic N) is 2. The number of carbonyl (C=O) groups is 1. The molecule has 0 saturated carbocycles. The predicted molar refractivity (Wildman–Crippen MR) is 96.5 cm³/mol. The zero-order chi connectivity index (χ0) is 17.9. The average molecular weight is 353 g/mol. The Morgan fingerprint density at radius 2 is 2.00 bits per heavy atom. The highest BCUT2D eigenvalue weighted by molar-refractivity contribution is 5.78. The number of ether oxygens (including phenoxy) is 1. The van der Waals surface area contributed by atoms with Gasteiger partial charge in [0, 0.05) is 25.1 Å². The van der Waals surface area contributed by atoms with Crippen LogP contribution in [0.2, 0.25) is 0 Å². The van der Waals surface area contributed by atoms with Crippen molar-refractivity contribution in [1.82, 2.24) is 14.9 Å². The summed E-state index contributed by atoms with van der Waals surface area (Å²) in [5.41, 5.74) is 2.02. The zero-order valence-electron chi connectivity index (χ0n) is 14.3. The number of aromatic amines is 1. The van der Waals surface area contributed by atoms with Crippen LogP contribution in [0.5, 0.6) is 5.75 Å². The highest BCUT2D eigenvalue weighted by Crippen LogP contribution is 2.27. The quantitative estimate of drug-likeness (QED) is 0.781. The highest BCUT2D eigenvalue weighted by Gasteiger charge is 2.25. The molecule has 1 aromatic heterocycles. The lowest BCUT2D eigenvalue weighted by Gasteiger charge is -2.31. The normalized spacial score (nSPS) is 15.3. The number of piperidine rings is 1. The van der Waals surface area contributed by atoms with E-state index in [0.29, 0.717) is 24.8 Å². The van der Waals surface area contributed by atoms with Crippen LogP contribution in [0.1, 0.15) is 24.6 Å². The molecule has 0 spiro atoms. The summed E-state index contributed by atoms with van der Waals surface area (Å²) < 4.78 is 18.5. The van der Waals surface area contributed by atoms with Gasteiger partial charge in [-0.05, 0) is 37.1 Å². The Hall–Kier alpha value is -2.89. The van der Waals surface area contributed by atoms with Gasteiger partial charge in [0.05, 0.1) is 11.0 Å². The standard InChI is InChI=1S/C20H20FN3O2/c21-15-4-3-5-16(12-15)26-13-19(25)24-10-8-14(9-11-24)20-22-17-6-1-2-7-18(17)23-20/h1-7,12,14H,8-11,13H2,(H,22,23). The molecule has 5 nitrogen and oxygen atoms in total. The van der Waals surface area contributed by atoms with Gasteiger partial charge >= 0.3 is 0 Å². The average Bonchev–Trinajstić information content (AvgIpc) is 3.10. The first-order chi connectivity index (χ1) is 12.7. The Labute approximate surface area is 150 Å². The Balaban J connectivity index is 1.32. The monoisotopic (exact) mass is 353 g/mol. The van der Waals surface area contributed by atoms with Crippen LogP contribution in [0.3, 0.4) is 0 Å². The van der Waals surface area contributed by atoms with E-state index in [9.17, 15) is 9.18 Å². The number of carbonyl (C=O) groups excluding carboxylic acids is 1. The second-order valence-electron chi connectivity index (χ2n) is 6.54. The minimum absolute atomic E-state index is 0.0707. The fourth-order valence-electron chi connectivity index (χ4n) is 3.36. The number of benzene rings is 2. The minimum atomic E-state index is -0.374. The van der Waals surface area contributed by atoms with E-state index in [1.807, 2.05) is 24.3 Å². The van der Waals surface area contributed by atoms with Crippen molar-refractivity contribution in [1.29, 1.82) is 0 Å². The number of hydrogen-bond donors (Lipinski definition) is 1. The number of rotatable bonds is 4. The molecule has 0 unspecified atom stereocenters. The third-order valence-electron chi connectivity index (χ3n) is 4.80. The summed E-state index contributed by atoms with van der Waals surface area (Å²) in [7, 11) is 0. The van der Waals surface area contributed by atoms with Gasteiger partial charge in [0.2, 0.25) is 0 Å². The molecule has 2 aromatic carbocycles. The van der Waals surface area contributed by atoms with Crippen LogP contribution < -0.4 is 4.74 Å². The topological polar surface area (TPSA) is 58.2 Å². The van der Waals surface area contributed by atoms with E-state index in [2.05, 4.69) is 9.97 Å². The number of fused-ring (bicyclic) bond motifs is 1. The molecule has 4 rings (SSSR count). The molecule has 1 saturated heterocycles. The van der Waals surface area contributed by atoms with Gasteiger partial charge in [-0.15, -0.1) is 0 Å². The summed E-state index contributed by atoms with van der Waals surface area (Å²) in [4.78, 5) is 22.2. The molecule has 1 fully saturated rings. The Kier molecular flexibility index (Phi) is 4.56. The lowest BCUT2D eigenvalue weighted by atomic mass is 9.96. The smallest absolute Gasteiger partial charge is 0.260 e. The Morgan fingerprint density at radius 3 is 2.77 bits per heavy atom. The lowest BCUT2D eigenvalue weighted by molar-refractivity contribution is -0.134. The van der Waals surface area contributed by atoms with Crippen LogP contribution in [0.4, 0.5) is 4.39 Å². The number of likely N-dealkylation sites (tertiary alicyclic amines) is 1. The molecule has 1 aliphatic rings. The number of halogens is 1. The van der Waals surface area contributed by atoms with E-state index < -0.39 is 0 Å². The molecule has 26 heavy (non-hydrogen) atoms. The first-order valence-corrected chi connectivity index (χ1v) is 8.80. The van der Waals surface area contributed by atoms with Gasteiger partial charge in [0.25, 0.3) is 5.91 Å². The fourth-order valence-corrected chi connectivity index (χ4v) is 3.36. The maximum atomic E-state index is 13.1. The highest BCUT2D eigenvalue weighted by atomic mass is 19.1. The van der Waals surface area contributed by atoms with E-state index in [-0.39, 0.29) is 18.3 Å². The van der Waals surface area contributed by atoms with Crippen molar-refractivity contribution in [3.63, 3.8) is 0 Å². The molecular formula is C20H20FN3O2. The summed E-state index contributed by atoms with van der Waals surface area (Å²) in [5.74, 6) is 1.25. The lowest BCUT2D eigenvalue weighted by Crippen LogP contribution is -2.40. The van der Waals surface area contributed by atoms with Gasteiger partial charge in [-0.3, -0.25) is 4.79 Å². The first kappa shape index (κ1) is 16.6. The summed E-state index contributed by atoms with van der Waals surface area (Å²) in [6, 6.07) is 13.8. The number of nitrogens with one attached hydrogen (secondary N) is 1. The summed E-state index contributed by atoms with van der Waals surface area (Å²) in [6.07, 6.45) is 1.73. The molecule has 6 heteroatoms. The number of hydrogen-bond acceptors (Lipinski definition) is 3. The molecule has 0 atom stereocenters. The predicted octanol–water partition coefficient (Wildman–Crippen LogP) is 3.49. The van der Waals surface area contributed by atoms with E-state index in [1.54, 1.807) is 17.0 Å². The molecular weight excluding hydrogens is 333 g/mol. The van der Waals surface area contributed by atoms with Crippen molar-refractivity contribution in [3.05, 3.63) is 60.2 Å². The van der Waals surface area contributed by atoms with E-state index in [4.69, 9.17) is 4.74 Å². The third-order valence-corrected chi connectivity index (χ3v) is 4.80. The van der Waals surface area contributed by atoms with Crippen LogP contribution in [0.25, 0.3) is 11.0 Å². The third kappa shape index (κ3) is 3.54. The molecule has 2 heterocycles.